The van der Waals surface area contributed by atoms with E-state index in [0.29, 0.717) is 19.5 Å². The summed E-state index contributed by atoms with van der Waals surface area (Å²) in [5.41, 5.74) is -0.834. The minimum absolute atomic E-state index is 0.0592. The molecule has 16 heavy (non-hydrogen) atoms. The number of ether oxygens (including phenoxy) is 1. The topological polar surface area (TPSA) is 67.4 Å². The minimum atomic E-state index is -0.497. The lowest BCUT2D eigenvalue weighted by Gasteiger charge is -2.53. The Morgan fingerprint density at radius 3 is 2.50 bits per heavy atom. The molecule has 0 aromatic carbocycles. The maximum atomic E-state index is 11.5. The minimum Gasteiger partial charge on any atom is -0.444 e. The van der Waals surface area contributed by atoms with Gasteiger partial charge in [0.15, 0.2) is 0 Å². The van der Waals surface area contributed by atoms with E-state index in [0.717, 1.165) is 0 Å². The van der Waals surface area contributed by atoms with E-state index in [-0.39, 0.29) is 17.2 Å². The first-order chi connectivity index (χ1) is 7.33. The van der Waals surface area contributed by atoms with Crippen molar-refractivity contribution in [3.63, 3.8) is 0 Å². The van der Waals surface area contributed by atoms with Gasteiger partial charge in [-0.2, -0.15) is 0 Å². The van der Waals surface area contributed by atoms with Gasteiger partial charge in [-0.3, -0.25) is 4.79 Å². The van der Waals surface area contributed by atoms with Gasteiger partial charge < -0.3 is 15.4 Å². The third-order valence-corrected chi connectivity index (χ3v) is 3.18. The van der Waals surface area contributed by atoms with Gasteiger partial charge in [-0.15, -0.1) is 0 Å². The summed E-state index contributed by atoms with van der Waals surface area (Å²) in [4.78, 5) is 23.0. The Bertz CT molecular complexity index is 329. The highest BCUT2D eigenvalue weighted by molar-refractivity contribution is 5.95. The molecule has 5 heteroatoms. The van der Waals surface area contributed by atoms with Crippen LogP contribution in [-0.4, -0.2) is 36.6 Å². The number of carbonyl (C=O) groups is 2. The van der Waals surface area contributed by atoms with Crippen molar-refractivity contribution in [3.8, 4) is 0 Å². The molecule has 1 aliphatic heterocycles. The second kappa shape index (κ2) is 3.45. The van der Waals surface area contributed by atoms with Gasteiger partial charge in [0.2, 0.25) is 0 Å². The Kier molecular flexibility index (Phi) is 2.45. The molecule has 1 amide bonds. The number of amides is 1. The first-order valence-electron chi connectivity index (χ1n) is 5.57. The molecule has 1 saturated carbocycles. The standard InChI is InChI=1S/C11H18N2O3/c1-10(2,3)16-9(15)13-7-4-8(14)11(7)5-12-6-11/h7,12H,4-6H2,1-3H3,(H,13,15). The lowest BCUT2D eigenvalue weighted by atomic mass is 9.59. The van der Waals surface area contributed by atoms with Crippen LogP contribution in [0.1, 0.15) is 27.2 Å². The number of hydrogen-bond acceptors (Lipinski definition) is 4. The highest BCUT2D eigenvalue weighted by Gasteiger charge is 2.59. The van der Waals surface area contributed by atoms with Gasteiger partial charge >= 0.3 is 6.09 Å². The zero-order valence-corrected chi connectivity index (χ0v) is 9.92. The summed E-state index contributed by atoms with van der Waals surface area (Å²) in [5.74, 6) is 0.243. The number of carbonyl (C=O) groups excluding carboxylic acids is 2. The smallest absolute Gasteiger partial charge is 0.407 e. The van der Waals surface area contributed by atoms with Crippen LogP contribution in [0.3, 0.4) is 0 Å². The average Bonchev–Trinajstić information content (AvgIpc) is 1.95. The maximum Gasteiger partial charge on any atom is 0.407 e. The highest BCUT2D eigenvalue weighted by Crippen LogP contribution is 2.40. The Balaban J connectivity index is 1.87. The van der Waals surface area contributed by atoms with Crippen LogP contribution in [-0.2, 0) is 9.53 Å². The fourth-order valence-electron chi connectivity index (χ4n) is 2.12. The Labute approximate surface area is 94.9 Å². The van der Waals surface area contributed by atoms with E-state index >= 15 is 0 Å². The Morgan fingerprint density at radius 1 is 1.50 bits per heavy atom. The van der Waals surface area contributed by atoms with E-state index in [2.05, 4.69) is 10.6 Å². The third kappa shape index (κ3) is 1.80. The summed E-state index contributed by atoms with van der Waals surface area (Å²) in [6.45, 7) is 6.80. The zero-order valence-electron chi connectivity index (χ0n) is 9.92. The zero-order chi connectivity index (χ0) is 12.0. The van der Waals surface area contributed by atoms with Crippen molar-refractivity contribution in [1.82, 2.24) is 10.6 Å². The molecular weight excluding hydrogens is 208 g/mol. The SMILES string of the molecule is CC(C)(C)OC(=O)NC1CC(=O)C12CNC2. The molecule has 2 aliphatic rings. The fraction of sp³-hybridized carbons (Fsp3) is 0.818. The van der Waals surface area contributed by atoms with Crippen LogP contribution in [0.5, 0.6) is 0 Å². The molecule has 1 saturated heterocycles. The molecule has 2 rings (SSSR count). The number of hydrogen-bond donors (Lipinski definition) is 2. The summed E-state index contributed by atoms with van der Waals surface area (Å²) >= 11 is 0. The van der Waals surface area contributed by atoms with E-state index < -0.39 is 11.7 Å². The van der Waals surface area contributed by atoms with Crippen LogP contribution < -0.4 is 10.6 Å². The predicted molar refractivity (Wildman–Crippen MR) is 58.1 cm³/mol. The van der Waals surface area contributed by atoms with Crippen LogP contribution >= 0.6 is 0 Å². The highest BCUT2D eigenvalue weighted by atomic mass is 16.6. The van der Waals surface area contributed by atoms with Crippen LogP contribution in [0.25, 0.3) is 0 Å². The molecule has 1 atom stereocenters. The molecule has 0 radical (unpaired) electrons. The lowest BCUT2D eigenvalue weighted by molar-refractivity contribution is -0.146. The monoisotopic (exact) mass is 226 g/mol. The van der Waals surface area contributed by atoms with Gasteiger partial charge in [-0.05, 0) is 20.8 Å². The molecular formula is C11H18N2O3. The molecule has 90 valence electrons. The summed E-state index contributed by atoms with van der Waals surface area (Å²) < 4.78 is 5.16. The van der Waals surface area contributed by atoms with Crippen molar-refractivity contribution in [2.45, 2.75) is 38.8 Å². The first kappa shape index (κ1) is 11.4. The predicted octanol–water partition coefficient (Wildman–Crippen LogP) is 0.442. The Hall–Kier alpha value is -1.10. The maximum absolute atomic E-state index is 11.5. The summed E-state index contributed by atoms with van der Waals surface area (Å²) in [7, 11) is 0. The number of Topliss-reactive ketones (excluding diaryl/α,β-unsaturated/α-hetero) is 1. The van der Waals surface area contributed by atoms with E-state index in [9.17, 15) is 9.59 Å². The molecule has 0 aromatic heterocycles. The number of rotatable bonds is 1. The largest absolute Gasteiger partial charge is 0.444 e. The van der Waals surface area contributed by atoms with E-state index in [1.165, 1.54) is 0 Å². The molecule has 2 N–H and O–H groups in total. The average molecular weight is 226 g/mol. The quantitative estimate of drug-likeness (QED) is 0.681. The molecule has 0 aromatic rings. The van der Waals surface area contributed by atoms with Gasteiger partial charge in [0.05, 0.1) is 11.5 Å². The van der Waals surface area contributed by atoms with Crippen molar-refractivity contribution in [3.05, 3.63) is 0 Å². The van der Waals surface area contributed by atoms with Gasteiger partial charge in [0.25, 0.3) is 0 Å². The van der Waals surface area contributed by atoms with E-state index in [1.807, 2.05) is 20.8 Å². The molecule has 1 heterocycles. The molecule has 1 spiro atoms. The summed E-state index contributed by atoms with van der Waals surface area (Å²) in [6, 6.07) is -0.0592. The van der Waals surface area contributed by atoms with Gasteiger partial charge in [-0.25, -0.2) is 4.79 Å². The normalized spacial score (nSPS) is 26.9. The summed E-state index contributed by atoms with van der Waals surface area (Å²) in [5, 5.41) is 5.85. The third-order valence-electron chi connectivity index (χ3n) is 3.18. The van der Waals surface area contributed by atoms with Crippen molar-refractivity contribution in [1.29, 1.82) is 0 Å². The second-order valence-electron chi connectivity index (χ2n) is 5.59. The van der Waals surface area contributed by atoms with Crippen molar-refractivity contribution in [2.75, 3.05) is 13.1 Å². The van der Waals surface area contributed by atoms with Gasteiger partial charge in [0.1, 0.15) is 11.4 Å². The molecule has 1 aliphatic carbocycles. The molecule has 0 bridgehead atoms. The summed E-state index contributed by atoms with van der Waals surface area (Å²) in [6.07, 6.45) is -0.00253. The lowest BCUT2D eigenvalue weighted by Crippen LogP contribution is -2.75. The van der Waals surface area contributed by atoms with Crippen LogP contribution in [0.2, 0.25) is 0 Å². The van der Waals surface area contributed by atoms with Crippen molar-refractivity contribution < 1.29 is 14.3 Å². The van der Waals surface area contributed by atoms with E-state index in [1.54, 1.807) is 0 Å². The van der Waals surface area contributed by atoms with Crippen molar-refractivity contribution in [2.24, 2.45) is 5.41 Å². The molecule has 2 fully saturated rings. The molecule has 1 unspecified atom stereocenters. The first-order valence-corrected chi connectivity index (χ1v) is 5.57. The van der Waals surface area contributed by atoms with Crippen LogP contribution in [0, 0.1) is 5.41 Å². The Morgan fingerprint density at radius 2 is 2.12 bits per heavy atom. The van der Waals surface area contributed by atoms with Gasteiger partial charge in [0, 0.05) is 19.5 Å². The second-order valence-corrected chi connectivity index (χ2v) is 5.59. The fourth-order valence-corrected chi connectivity index (χ4v) is 2.12. The van der Waals surface area contributed by atoms with Crippen LogP contribution in [0.15, 0.2) is 0 Å². The van der Waals surface area contributed by atoms with Crippen molar-refractivity contribution >= 4 is 11.9 Å². The van der Waals surface area contributed by atoms with E-state index in [4.69, 9.17) is 4.74 Å². The number of ketones is 1. The van der Waals surface area contributed by atoms with Gasteiger partial charge in [-0.1, -0.05) is 0 Å². The number of nitrogens with one attached hydrogen (secondary N) is 2. The number of alkyl carbamates (subject to hydrolysis) is 1. The van der Waals surface area contributed by atoms with Crippen LogP contribution in [0.4, 0.5) is 4.79 Å². The molecule has 5 nitrogen and oxygen atoms in total.